The predicted octanol–water partition coefficient (Wildman–Crippen LogP) is 4.52. The van der Waals surface area contributed by atoms with Gasteiger partial charge >= 0.3 is 0 Å². The molecule has 0 unspecified atom stereocenters. The van der Waals surface area contributed by atoms with Crippen LogP contribution in [0.25, 0.3) is 16.7 Å². The van der Waals surface area contributed by atoms with Crippen molar-refractivity contribution in [1.82, 2.24) is 19.6 Å². The number of hydrogen-bond donors (Lipinski definition) is 1. The lowest BCUT2D eigenvalue weighted by Crippen LogP contribution is -2.12. The van der Waals surface area contributed by atoms with Crippen LogP contribution in [0.4, 0.5) is 5.69 Å². The number of rotatable bonds is 5. The molecule has 0 aliphatic heterocycles. The molecule has 1 N–H and O–H groups in total. The summed E-state index contributed by atoms with van der Waals surface area (Å²) >= 11 is 5.82. The van der Waals surface area contributed by atoms with Crippen LogP contribution in [-0.4, -0.2) is 28.0 Å². The van der Waals surface area contributed by atoms with E-state index in [0.717, 1.165) is 11.0 Å². The molecule has 10 heteroatoms. The Morgan fingerprint density at radius 1 is 0.935 bits per heavy atom. The smallest absolute Gasteiger partial charge is 0.266 e. The van der Waals surface area contributed by atoms with Gasteiger partial charge in [0.15, 0.2) is 0 Å². The zero-order chi connectivity index (χ0) is 21.4. The number of sulfonamides is 1. The second kappa shape index (κ2) is 7.53. The summed E-state index contributed by atoms with van der Waals surface area (Å²) in [7, 11) is -3.73. The van der Waals surface area contributed by atoms with Crippen LogP contribution in [0.2, 0.25) is 5.02 Å². The third kappa shape index (κ3) is 3.76. The maximum atomic E-state index is 12.5. The van der Waals surface area contributed by atoms with Crippen LogP contribution < -0.4 is 9.46 Å². The Kier molecular flexibility index (Phi) is 4.68. The van der Waals surface area contributed by atoms with E-state index in [2.05, 4.69) is 19.9 Å². The molecule has 0 saturated heterocycles. The van der Waals surface area contributed by atoms with Crippen molar-refractivity contribution in [3.8, 4) is 11.6 Å². The Hall–Kier alpha value is -3.69. The van der Waals surface area contributed by atoms with Crippen molar-refractivity contribution in [2.75, 3.05) is 4.72 Å². The van der Waals surface area contributed by atoms with Crippen molar-refractivity contribution in [2.24, 2.45) is 0 Å². The molecule has 0 saturated carbocycles. The van der Waals surface area contributed by atoms with Gasteiger partial charge in [-0.05, 0) is 60.7 Å². The largest absolute Gasteiger partial charge is 0.436 e. The number of benzene rings is 3. The number of ether oxygens (including phenoxy) is 1. The summed E-state index contributed by atoms with van der Waals surface area (Å²) in [5.41, 5.74) is 2.46. The molecular weight excluding hydrogens is 438 g/mol. The minimum absolute atomic E-state index is 0.117. The van der Waals surface area contributed by atoms with Crippen molar-refractivity contribution < 1.29 is 13.2 Å². The number of aromatic nitrogens is 4. The van der Waals surface area contributed by atoms with Gasteiger partial charge in [-0.2, -0.15) is 0 Å². The molecule has 0 fully saturated rings. The SMILES string of the molecule is O=S(=O)(Nc1ccc(Oc2nc3ccccc3n3cnnc23)cc1)c1ccc(Cl)cc1. The number of nitrogens with zero attached hydrogens (tertiary/aromatic N) is 4. The zero-order valence-electron chi connectivity index (χ0n) is 15.8. The average molecular weight is 452 g/mol. The third-order valence-electron chi connectivity index (χ3n) is 4.55. The van der Waals surface area contributed by atoms with E-state index in [-0.39, 0.29) is 4.90 Å². The molecule has 0 aliphatic carbocycles. The van der Waals surface area contributed by atoms with Gasteiger partial charge in [0.25, 0.3) is 15.9 Å². The van der Waals surface area contributed by atoms with E-state index in [1.807, 2.05) is 24.3 Å². The Morgan fingerprint density at radius 3 is 2.45 bits per heavy atom. The lowest BCUT2D eigenvalue weighted by Gasteiger charge is -2.10. The first-order valence-electron chi connectivity index (χ1n) is 9.14. The first-order chi connectivity index (χ1) is 15.0. The molecule has 0 amide bonds. The standard InChI is InChI=1S/C21H14ClN5O3S/c22-14-5-11-17(12-6-14)31(28,29)26-15-7-9-16(10-8-15)30-21-20-25-23-13-27(20)19-4-2-1-3-18(19)24-21/h1-13,26H. The van der Waals surface area contributed by atoms with E-state index >= 15 is 0 Å². The first-order valence-corrected chi connectivity index (χ1v) is 11.0. The quantitative estimate of drug-likeness (QED) is 0.421. The maximum absolute atomic E-state index is 12.5. The van der Waals surface area contributed by atoms with E-state index in [1.54, 1.807) is 35.0 Å². The van der Waals surface area contributed by atoms with Gasteiger partial charge in [-0.25, -0.2) is 13.4 Å². The van der Waals surface area contributed by atoms with Gasteiger partial charge in [0.2, 0.25) is 5.65 Å². The van der Waals surface area contributed by atoms with Crippen molar-refractivity contribution >= 4 is 44.0 Å². The van der Waals surface area contributed by atoms with Crippen LogP contribution in [0.15, 0.2) is 84.0 Å². The van der Waals surface area contributed by atoms with Crippen LogP contribution >= 0.6 is 11.6 Å². The average Bonchev–Trinajstić information content (AvgIpc) is 3.26. The lowest BCUT2D eigenvalue weighted by molar-refractivity contribution is 0.467. The highest BCUT2D eigenvalue weighted by molar-refractivity contribution is 7.92. The van der Waals surface area contributed by atoms with Gasteiger partial charge in [-0.15, -0.1) is 10.2 Å². The van der Waals surface area contributed by atoms with Crippen LogP contribution in [0.3, 0.4) is 0 Å². The molecule has 2 heterocycles. The fourth-order valence-electron chi connectivity index (χ4n) is 3.08. The van der Waals surface area contributed by atoms with Crippen molar-refractivity contribution in [1.29, 1.82) is 0 Å². The topological polar surface area (TPSA) is 98.5 Å². The second-order valence-electron chi connectivity index (χ2n) is 6.62. The molecule has 5 aromatic rings. The molecule has 5 rings (SSSR count). The number of para-hydroxylation sites is 2. The Labute approximate surface area is 182 Å². The molecule has 0 spiro atoms. The van der Waals surface area contributed by atoms with Gasteiger partial charge < -0.3 is 4.74 Å². The highest BCUT2D eigenvalue weighted by Gasteiger charge is 2.15. The Bertz CT molecular complexity index is 1500. The highest BCUT2D eigenvalue weighted by atomic mass is 35.5. The van der Waals surface area contributed by atoms with Gasteiger partial charge in [0, 0.05) is 10.7 Å². The fraction of sp³-hybridized carbons (Fsp3) is 0. The molecule has 0 radical (unpaired) electrons. The Morgan fingerprint density at radius 2 is 1.68 bits per heavy atom. The summed E-state index contributed by atoms with van der Waals surface area (Å²) in [6, 6.07) is 20.0. The predicted molar refractivity (Wildman–Crippen MR) is 117 cm³/mol. The summed E-state index contributed by atoms with van der Waals surface area (Å²) in [5, 5.41) is 8.51. The second-order valence-corrected chi connectivity index (χ2v) is 8.73. The summed E-state index contributed by atoms with van der Waals surface area (Å²) in [6.07, 6.45) is 1.60. The van der Waals surface area contributed by atoms with Gasteiger partial charge in [-0.1, -0.05) is 23.7 Å². The number of nitrogens with one attached hydrogen (secondary N) is 1. The molecule has 3 aromatic carbocycles. The molecule has 8 nitrogen and oxygen atoms in total. The summed E-state index contributed by atoms with van der Waals surface area (Å²) in [5.74, 6) is 0.771. The van der Waals surface area contributed by atoms with Crippen LogP contribution in [0.5, 0.6) is 11.6 Å². The summed E-state index contributed by atoms with van der Waals surface area (Å²) < 4.78 is 35.3. The number of anilines is 1. The molecule has 0 bridgehead atoms. The minimum Gasteiger partial charge on any atom is -0.436 e. The van der Waals surface area contributed by atoms with E-state index in [9.17, 15) is 8.42 Å². The lowest BCUT2D eigenvalue weighted by atomic mass is 10.3. The van der Waals surface area contributed by atoms with Crippen LogP contribution in [-0.2, 0) is 10.0 Å². The van der Waals surface area contributed by atoms with Crippen LogP contribution in [0, 0.1) is 0 Å². The van der Waals surface area contributed by atoms with Crippen molar-refractivity contribution in [3.05, 3.63) is 84.1 Å². The van der Waals surface area contributed by atoms with E-state index in [1.165, 1.54) is 24.3 Å². The molecule has 31 heavy (non-hydrogen) atoms. The third-order valence-corrected chi connectivity index (χ3v) is 6.20. The van der Waals surface area contributed by atoms with E-state index in [4.69, 9.17) is 16.3 Å². The molecule has 0 aliphatic rings. The van der Waals surface area contributed by atoms with E-state index < -0.39 is 10.0 Å². The minimum atomic E-state index is -3.73. The molecular formula is C21H14ClN5O3S. The van der Waals surface area contributed by atoms with Crippen molar-refractivity contribution in [3.63, 3.8) is 0 Å². The Balaban J connectivity index is 1.41. The summed E-state index contributed by atoms with van der Waals surface area (Å²) in [4.78, 5) is 4.65. The van der Waals surface area contributed by atoms with E-state index in [0.29, 0.717) is 28.0 Å². The maximum Gasteiger partial charge on any atom is 0.266 e. The molecule has 2 aromatic heterocycles. The fourth-order valence-corrected chi connectivity index (χ4v) is 4.26. The van der Waals surface area contributed by atoms with Crippen molar-refractivity contribution in [2.45, 2.75) is 4.90 Å². The monoisotopic (exact) mass is 451 g/mol. The first kappa shape index (κ1) is 19.3. The highest BCUT2D eigenvalue weighted by Crippen LogP contribution is 2.28. The number of hydrogen-bond acceptors (Lipinski definition) is 6. The van der Waals surface area contributed by atoms with Gasteiger partial charge in [0.05, 0.1) is 15.9 Å². The molecule has 154 valence electrons. The molecule has 0 atom stereocenters. The summed E-state index contributed by atoms with van der Waals surface area (Å²) in [6.45, 7) is 0. The van der Waals surface area contributed by atoms with Crippen LogP contribution in [0.1, 0.15) is 0 Å². The number of halogens is 1. The van der Waals surface area contributed by atoms with Gasteiger partial charge in [-0.3, -0.25) is 9.12 Å². The van der Waals surface area contributed by atoms with Gasteiger partial charge in [0.1, 0.15) is 12.1 Å². The zero-order valence-corrected chi connectivity index (χ0v) is 17.4. The number of fused-ring (bicyclic) bond motifs is 3. The normalized spacial score (nSPS) is 11.6.